The molecule has 0 unspecified atom stereocenters. The smallest absolute Gasteiger partial charge is 0.00463 e. The van der Waals surface area contributed by atoms with E-state index in [0.717, 1.165) is 0 Å². The summed E-state index contributed by atoms with van der Waals surface area (Å²) in [5, 5.41) is 0. The monoisotopic (exact) mass is 242 g/mol. The van der Waals surface area contributed by atoms with Crippen LogP contribution in [0.2, 0.25) is 0 Å². The van der Waals surface area contributed by atoms with Gasteiger partial charge < -0.3 is 0 Å². The zero-order valence-electron chi connectivity index (χ0n) is 12.1. The Labute approximate surface area is 112 Å². The first kappa shape index (κ1) is 12.3. The van der Waals surface area contributed by atoms with Crippen LogP contribution < -0.4 is 0 Å². The van der Waals surface area contributed by atoms with Gasteiger partial charge in [0.25, 0.3) is 0 Å². The van der Waals surface area contributed by atoms with Crippen molar-refractivity contribution in [2.75, 3.05) is 0 Å². The molecule has 98 valence electrons. The molecule has 3 aliphatic carbocycles. The molecule has 3 fully saturated rings. The van der Waals surface area contributed by atoms with Crippen molar-refractivity contribution >= 4 is 0 Å². The number of hydrogen-bond acceptors (Lipinski definition) is 0. The Morgan fingerprint density at radius 2 is 1.28 bits per heavy atom. The van der Waals surface area contributed by atoms with Crippen molar-refractivity contribution in [1.82, 2.24) is 0 Å². The summed E-state index contributed by atoms with van der Waals surface area (Å²) in [6, 6.07) is 11.3. The average molecular weight is 242 g/mol. The van der Waals surface area contributed by atoms with Gasteiger partial charge in [-0.2, -0.15) is 0 Å². The zero-order valence-corrected chi connectivity index (χ0v) is 12.1. The summed E-state index contributed by atoms with van der Waals surface area (Å²) in [5.41, 5.74) is 3.24. The van der Waals surface area contributed by atoms with Crippen molar-refractivity contribution < 1.29 is 0 Å². The molecule has 0 aromatic heterocycles. The minimum Gasteiger partial charge on any atom is -0.0622 e. The maximum absolute atomic E-state index is 2.45. The van der Waals surface area contributed by atoms with Gasteiger partial charge in [-0.1, -0.05) is 51.1 Å². The maximum atomic E-state index is 2.45. The Kier molecular flexibility index (Phi) is 2.63. The highest BCUT2D eigenvalue weighted by molar-refractivity contribution is 5.28. The number of fused-ring (bicyclic) bond motifs is 3. The molecule has 0 spiro atoms. The van der Waals surface area contributed by atoms with E-state index >= 15 is 0 Å². The van der Waals surface area contributed by atoms with Gasteiger partial charge in [0.05, 0.1) is 0 Å². The standard InChI is InChI=1S/C18H26/c1-16(2,3)18-12-9-17(10-13-18,11-14-18)15-7-5-4-6-8-15/h4-8H,9-14H2,1-3H3. The number of benzene rings is 1. The van der Waals surface area contributed by atoms with Crippen LogP contribution in [0.15, 0.2) is 30.3 Å². The van der Waals surface area contributed by atoms with E-state index in [4.69, 9.17) is 0 Å². The fourth-order valence-corrected chi connectivity index (χ4v) is 4.54. The molecule has 18 heavy (non-hydrogen) atoms. The van der Waals surface area contributed by atoms with Crippen molar-refractivity contribution in [2.24, 2.45) is 10.8 Å². The summed E-state index contributed by atoms with van der Waals surface area (Å²) < 4.78 is 0. The summed E-state index contributed by atoms with van der Waals surface area (Å²) in [4.78, 5) is 0. The van der Waals surface area contributed by atoms with Crippen molar-refractivity contribution in [3.8, 4) is 0 Å². The highest BCUT2D eigenvalue weighted by atomic mass is 14.6. The molecule has 1 aromatic rings. The molecule has 3 aliphatic rings. The predicted octanol–water partition coefficient (Wildman–Crippen LogP) is 5.32. The lowest BCUT2D eigenvalue weighted by Gasteiger charge is -2.59. The third-order valence-electron chi connectivity index (χ3n) is 6.22. The summed E-state index contributed by atoms with van der Waals surface area (Å²) in [5.74, 6) is 0. The first-order valence-corrected chi connectivity index (χ1v) is 7.53. The minimum atomic E-state index is 0.482. The topological polar surface area (TPSA) is 0 Å². The van der Waals surface area contributed by atoms with Gasteiger partial charge in [0.15, 0.2) is 0 Å². The molecule has 2 bridgehead atoms. The van der Waals surface area contributed by atoms with Crippen LogP contribution >= 0.6 is 0 Å². The Bertz CT molecular complexity index is 397. The fraction of sp³-hybridized carbons (Fsp3) is 0.667. The molecule has 0 heterocycles. The van der Waals surface area contributed by atoms with Gasteiger partial charge in [-0.25, -0.2) is 0 Å². The summed E-state index contributed by atoms with van der Waals surface area (Å²) >= 11 is 0. The predicted molar refractivity (Wildman–Crippen MR) is 77.7 cm³/mol. The molecule has 0 radical (unpaired) electrons. The van der Waals surface area contributed by atoms with Crippen LogP contribution in [0, 0.1) is 10.8 Å². The SMILES string of the molecule is CC(C)(C)C12CCC(c3ccccc3)(CC1)CC2. The molecule has 0 N–H and O–H groups in total. The molecule has 1 aromatic carbocycles. The van der Waals surface area contributed by atoms with E-state index < -0.39 is 0 Å². The van der Waals surface area contributed by atoms with E-state index in [1.54, 1.807) is 5.56 Å². The van der Waals surface area contributed by atoms with Crippen molar-refractivity contribution in [2.45, 2.75) is 64.7 Å². The second-order valence-electron chi connectivity index (χ2n) is 7.68. The van der Waals surface area contributed by atoms with E-state index in [9.17, 15) is 0 Å². The van der Waals surface area contributed by atoms with Crippen molar-refractivity contribution in [3.63, 3.8) is 0 Å². The van der Waals surface area contributed by atoms with Crippen LogP contribution in [0.1, 0.15) is 64.9 Å². The van der Waals surface area contributed by atoms with Gasteiger partial charge in [0.1, 0.15) is 0 Å². The quantitative estimate of drug-likeness (QED) is 0.625. The third kappa shape index (κ3) is 1.65. The van der Waals surface area contributed by atoms with E-state index in [1.807, 2.05) is 0 Å². The van der Waals surface area contributed by atoms with Crippen LogP contribution in [-0.2, 0) is 5.41 Å². The highest BCUT2D eigenvalue weighted by Crippen LogP contribution is 2.63. The second-order valence-corrected chi connectivity index (χ2v) is 7.68. The largest absolute Gasteiger partial charge is 0.0622 e. The lowest BCUT2D eigenvalue weighted by Crippen LogP contribution is -2.49. The zero-order chi connectivity index (χ0) is 12.9. The Morgan fingerprint density at radius 1 is 0.778 bits per heavy atom. The first-order valence-electron chi connectivity index (χ1n) is 7.53. The van der Waals surface area contributed by atoms with Gasteiger partial charge in [0, 0.05) is 0 Å². The van der Waals surface area contributed by atoms with Crippen LogP contribution in [-0.4, -0.2) is 0 Å². The molecule has 3 saturated carbocycles. The van der Waals surface area contributed by atoms with Crippen molar-refractivity contribution in [3.05, 3.63) is 35.9 Å². The molecule has 0 heteroatoms. The molecule has 0 aliphatic heterocycles. The van der Waals surface area contributed by atoms with Crippen molar-refractivity contribution in [1.29, 1.82) is 0 Å². The average Bonchev–Trinajstić information content (AvgIpc) is 2.41. The molecule has 4 rings (SSSR count). The number of rotatable bonds is 1. The van der Waals surface area contributed by atoms with E-state index in [1.165, 1.54) is 38.5 Å². The van der Waals surface area contributed by atoms with E-state index in [2.05, 4.69) is 51.1 Å². The Balaban J connectivity index is 1.88. The summed E-state index contributed by atoms with van der Waals surface area (Å²) in [6.45, 7) is 7.36. The van der Waals surface area contributed by atoms with Gasteiger partial charge in [-0.05, 0) is 60.3 Å². The molecule has 0 amide bonds. The number of hydrogen-bond donors (Lipinski definition) is 0. The highest BCUT2D eigenvalue weighted by Gasteiger charge is 2.53. The van der Waals surface area contributed by atoms with Crippen LogP contribution in [0.4, 0.5) is 0 Å². The molecule has 0 saturated heterocycles. The van der Waals surface area contributed by atoms with Gasteiger partial charge in [-0.15, -0.1) is 0 Å². The summed E-state index contributed by atoms with van der Waals surface area (Å²) in [6.07, 6.45) is 8.54. The fourth-order valence-electron chi connectivity index (χ4n) is 4.54. The Morgan fingerprint density at radius 3 is 1.72 bits per heavy atom. The lowest BCUT2D eigenvalue weighted by atomic mass is 9.46. The lowest BCUT2D eigenvalue weighted by molar-refractivity contribution is -0.0461. The maximum Gasteiger partial charge on any atom is -0.00463 e. The summed E-state index contributed by atoms with van der Waals surface area (Å²) in [7, 11) is 0. The first-order chi connectivity index (χ1) is 8.48. The van der Waals surface area contributed by atoms with E-state index in [0.29, 0.717) is 16.2 Å². The van der Waals surface area contributed by atoms with Crippen LogP contribution in [0.3, 0.4) is 0 Å². The minimum absolute atomic E-state index is 0.482. The van der Waals surface area contributed by atoms with Gasteiger partial charge >= 0.3 is 0 Å². The molecular weight excluding hydrogens is 216 g/mol. The Hall–Kier alpha value is -0.780. The molecule has 0 atom stereocenters. The van der Waals surface area contributed by atoms with Gasteiger partial charge in [0.2, 0.25) is 0 Å². The van der Waals surface area contributed by atoms with Crippen LogP contribution in [0.25, 0.3) is 0 Å². The van der Waals surface area contributed by atoms with E-state index in [-0.39, 0.29) is 0 Å². The van der Waals surface area contributed by atoms with Gasteiger partial charge in [-0.3, -0.25) is 0 Å². The normalized spacial score (nSPS) is 35.7. The molecule has 0 nitrogen and oxygen atoms in total. The third-order valence-corrected chi connectivity index (χ3v) is 6.22. The molecular formula is C18H26. The second kappa shape index (κ2) is 3.85. The van der Waals surface area contributed by atoms with Crippen LogP contribution in [0.5, 0.6) is 0 Å².